The van der Waals surface area contributed by atoms with Crippen molar-refractivity contribution in [2.45, 2.75) is 32.4 Å². The third kappa shape index (κ3) is 3.31. The molecule has 0 aromatic carbocycles. The van der Waals surface area contributed by atoms with Crippen LogP contribution in [-0.2, 0) is 11.3 Å². The summed E-state index contributed by atoms with van der Waals surface area (Å²) in [5, 5.41) is 3.06. The van der Waals surface area contributed by atoms with Crippen LogP contribution in [0.5, 0.6) is 0 Å². The van der Waals surface area contributed by atoms with E-state index in [-0.39, 0.29) is 11.9 Å². The third-order valence-electron chi connectivity index (χ3n) is 6.26. The van der Waals surface area contributed by atoms with Crippen molar-refractivity contribution in [2.24, 2.45) is 16.8 Å². The molecule has 0 radical (unpaired) electrons. The third-order valence-corrected chi connectivity index (χ3v) is 6.26. The summed E-state index contributed by atoms with van der Waals surface area (Å²) in [4.78, 5) is 24.0. The molecule has 2 unspecified atom stereocenters. The fourth-order valence-corrected chi connectivity index (χ4v) is 4.69. The van der Waals surface area contributed by atoms with E-state index in [1.54, 1.807) is 17.4 Å². The number of carbonyl (C=O) groups excluding carboxylic acids is 1. The molecule has 4 aliphatic rings. The first-order valence-electron chi connectivity index (χ1n) is 10.1. The number of likely N-dealkylation sites (tertiary alicyclic amines) is 1. The molecule has 1 N–H and O–H groups in total. The minimum Gasteiger partial charge on any atom is -0.472 e. The van der Waals surface area contributed by atoms with Gasteiger partial charge < -0.3 is 14.1 Å². The number of furan rings is 1. The molecule has 0 saturated carbocycles. The summed E-state index contributed by atoms with van der Waals surface area (Å²) in [6.07, 6.45) is 7.56. The Kier molecular flexibility index (Phi) is 4.60. The number of amidine groups is 1. The van der Waals surface area contributed by atoms with Crippen LogP contribution in [0, 0.1) is 11.8 Å². The Morgan fingerprint density at radius 2 is 2.14 bits per heavy atom. The topological polar surface area (TPSA) is 73.6 Å². The quantitative estimate of drug-likeness (QED) is 0.858. The molecule has 28 heavy (non-hydrogen) atoms. The van der Waals surface area contributed by atoms with Gasteiger partial charge in [-0.3, -0.25) is 15.1 Å². The second-order valence-corrected chi connectivity index (χ2v) is 8.25. The Morgan fingerprint density at radius 3 is 2.93 bits per heavy atom. The zero-order valence-electron chi connectivity index (χ0n) is 16.2. The molecular weight excluding hydrogens is 358 g/mol. The molecule has 1 aromatic rings. The first-order valence-corrected chi connectivity index (χ1v) is 10.1. The van der Waals surface area contributed by atoms with Crippen molar-refractivity contribution in [3.05, 3.63) is 36.2 Å². The van der Waals surface area contributed by atoms with Crippen molar-refractivity contribution >= 4 is 11.9 Å². The number of hydrogen-bond acceptors (Lipinski definition) is 6. The molecule has 5 rings (SSSR count). The molecule has 8 heteroatoms. The maximum absolute atomic E-state index is 12.7. The minimum absolute atomic E-state index is 0.0636. The average molecular weight is 385 g/mol. The number of carbonyl (C=O) groups is 1. The number of amides is 2. The fourth-order valence-electron chi connectivity index (χ4n) is 4.69. The highest BCUT2D eigenvalue weighted by Gasteiger charge is 2.40. The van der Waals surface area contributed by atoms with Crippen molar-refractivity contribution in [3.8, 4) is 0 Å². The molecule has 8 nitrogen and oxygen atoms in total. The molecule has 2 fully saturated rings. The first kappa shape index (κ1) is 17.8. The van der Waals surface area contributed by atoms with E-state index in [4.69, 9.17) is 14.1 Å². The lowest BCUT2D eigenvalue weighted by Crippen LogP contribution is -2.50. The molecule has 0 bridgehead atoms. The lowest BCUT2D eigenvalue weighted by atomic mass is 9.96. The lowest BCUT2D eigenvalue weighted by molar-refractivity contribution is 0.0459. The Hall–Kier alpha value is -2.32. The summed E-state index contributed by atoms with van der Waals surface area (Å²) in [7, 11) is 0. The van der Waals surface area contributed by atoms with E-state index in [2.05, 4.69) is 28.2 Å². The zero-order chi connectivity index (χ0) is 19.1. The molecule has 1 aromatic heterocycles. The van der Waals surface area contributed by atoms with Crippen molar-refractivity contribution in [1.82, 2.24) is 20.0 Å². The van der Waals surface area contributed by atoms with Crippen LogP contribution in [0.3, 0.4) is 0 Å². The highest BCUT2D eigenvalue weighted by Crippen LogP contribution is 2.30. The maximum Gasteiger partial charge on any atom is 0.329 e. The fraction of sp³-hybridized carbons (Fsp3) is 0.600. The van der Waals surface area contributed by atoms with Gasteiger partial charge in [0.25, 0.3) is 0 Å². The lowest BCUT2D eigenvalue weighted by Gasteiger charge is -2.32. The number of fused-ring (bicyclic) bond motifs is 1. The van der Waals surface area contributed by atoms with Crippen LogP contribution >= 0.6 is 0 Å². The van der Waals surface area contributed by atoms with Crippen molar-refractivity contribution in [3.63, 3.8) is 0 Å². The Labute approximate surface area is 164 Å². The van der Waals surface area contributed by atoms with E-state index in [0.29, 0.717) is 18.6 Å². The molecule has 2 amide bonds. The summed E-state index contributed by atoms with van der Waals surface area (Å²) in [5.74, 6) is 2.25. The van der Waals surface area contributed by atoms with Crippen LogP contribution in [0.2, 0.25) is 0 Å². The zero-order valence-corrected chi connectivity index (χ0v) is 16.2. The summed E-state index contributed by atoms with van der Waals surface area (Å²) in [6.45, 7) is 7.14. The van der Waals surface area contributed by atoms with E-state index in [1.165, 1.54) is 5.56 Å². The van der Waals surface area contributed by atoms with Crippen LogP contribution in [0.1, 0.15) is 25.3 Å². The van der Waals surface area contributed by atoms with Crippen LogP contribution in [-0.4, -0.2) is 65.6 Å². The Bertz CT molecular complexity index is 784. The minimum atomic E-state index is -0.0636. The predicted octanol–water partition coefficient (Wildman–Crippen LogP) is 2.02. The van der Waals surface area contributed by atoms with Gasteiger partial charge in [0.2, 0.25) is 0 Å². The van der Waals surface area contributed by atoms with Crippen LogP contribution in [0.4, 0.5) is 4.79 Å². The van der Waals surface area contributed by atoms with Gasteiger partial charge in [0, 0.05) is 56.6 Å². The van der Waals surface area contributed by atoms with Gasteiger partial charge in [-0.1, -0.05) is 6.92 Å². The van der Waals surface area contributed by atoms with E-state index >= 15 is 0 Å². The average Bonchev–Trinajstić information content (AvgIpc) is 3.43. The monoisotopic (exact) mass is 385 g/mol. The number of ether oxygens (including phenoxy) is 1. The van der Waals surface area contributed by atoms with Gasteiger partial charge in [0.15, 0.2) is 5.82 Å². The molecule has 0 aliphatic carbocycles. The maximum atomic E-state index is 12.7. The van der Waals surface area contributed by atoms with Gasteiger partial charge in [-0.25, -0.2) is 9.79 Å². The smallest absolute Gasteiger partial charge is 0.329 e. The number of nitrogens with zero attached hydrogens (tertiary/aromatic N) is 4. The normalized spacial score (nSPS) is 29.0. The largest absolute Gasteiger partial charge is 0.472 e. The van der Waals surface area contributed by atoms with Crippen molar-refractivity contribution < 1.29 is 13.9 Å². The van der Waals surface area contributed by atoms with Gasteiger partial charge in [0.05, 0.1) is 12.5 Å². The van der Waals surface area contributed by atoms with Crippen molar-refractivity contribution in [2.75, 3.05) is 33.0 Å². The van der Waals surface area contributed by atoms with Crippen LogP contribution < -0.4 is 5.32 Å². The first-order chi connectivity index (χ1) is 13.7. The Morgan fingerprint density at radius 1 is 1.29 bits per heavy atom. The number of hydrogen-bond donors (Lipinski definition) is 1. The van der Waals surface area contributed by atoms with E-state index in [0.717, 1.165) is 57.3 Å². The van der Waals surface area contributed by atoms with Gasteiger partial charge >= 0.3 is 6.03 Å². The van der Waals surface area contributed by atoms with E-state index < -0.39 is 0 Å². The number of urea groups is 1. The molecule has 5 heterocycles. The van der Waals surface area contributed by atoms with E-state index in [9.17, 15) is 4.79 Å². The van der Waals surface area contributed by atoms with Gasteiger partial charge in [-0.15, -0.1) is 0 Å². The molecule has 0 spiro atoms. The number of nitrogens with one attached hydrogen (secondary N) is 1. The molecule has 150 valence electrons. The van der Waals surface area contributed by atoms with Crippen molar-refractivity contribution in [1.29, 1.82) is 0 Å². The van der Waals surface area contributed by atoms with Crippen LogP contribution in [0.25, 0.3) is 0 Å². The standard InChI is InChI=1S/C20H27N5O3/c1-14-8-23(9-15-2-5-28-12-15)10-17(14)19-21-18-11-24(13-25(18)20(26)22-19)16-3-6-27-7-4-16/h2,5,11-12,14,16-17H,3-4,6-10,13H2,1H3,(H,21,22,26). The summed E-state index contributed by atoms with van der Waals surface area (Å²) < 4.78 is 10.6. The number of aliphatic imine (C=N–C) groups is 1. The predicted molar refractivity (Wildman–Crippen MR) is 103 cm³/mol. The molecule has 4 aliphatic heterocycles. The molecular formula is C20H27N5O3. The van der Waals surface area contributed by atoms with Gasteiger partial charge in [-0.05, 0) is 24.8 Å². The summed E-state index contributed by atoms with van der Waals surface area (Å²) >= 11 is 0. The second-order valence-electron chi connectivity index (χ2n) is 8.25. The second kappa shape index (κ2) is 7.25. The highest BCUT2D eigenvalue weighted by atomic mass is 16.5. The summed E-state index contributed by atoms with van der Waals surface area (Å²) in [6, 6.07) is 2.37. The molecule has 2 atom stereocenters. The van der Waals surface area contributed by atoms with E-state index in [1.807, 2.05) is 6.07 Å². The SMILES string of the molecule is CC1CN(Cc2ccoc2)CC1C1=NC2=CN(C3CCOCC3)CN2C(=O)N1. The summed E-state index contributed by atoms with van der Waals surface area (Å²) in [5.41, 5.74) is 1.18. The Balaban J connectivity index is 1.30. The van der Waals surface area contributed by atoms with Gasteiger partial charge in [0.1, 0.15) is 12.5 Å². The van der Waals surface area contributed by atoms with Crippen LogP contribution in [0.15, 0.2) is 40.0 Å². The van der Waals surface area contributed by atoms with Gasteiger partial charge in [-0.2, -0.15) is 0 Å². The highest BCUT2D eigenvalue weighted by molar-refractivity contribution is 6.02. The number of rotatable bonds is 4. The molecule has 2 saturated heterocycles.